The molecule has 4 nitrogen and oxygen atoms in total. The molecule has 4 heteroatoms. The zero-order chi connectivity index (χ0) is 20.3. The highest BCUT2D eigenvalue weighted by Gasteiger charge is 2.30. The van der Waals surface area contributed by atoms with Gasteiger partial charge < -0.3 is 9.47 Å². The van der Waals surface area contributed by atoms with Crippen LogP contribution in [0.2, 0.25) is 0 Å². The molecule has 1 saturated carbocycles. The highest BCUT2D eigenvalue weighted by molar-refractivity contribution is 6.01. The summed E-state index contributed by atoms with van der Waals surface area (Å²) in [5, 5.41) is 1.11. The standard InChI is InChI=1S/C26H27NO3/c28-26-20(10-9-18-5-1-2-6-18)16-30-25-14-13-22(15-23(25)26)29-17-21-12-11-19-7-3-4-8-24(19)27-21/h3-4,7-8,11-15,18,20H,1-2,5-6,9-10,16-17H2. The SMILES string of the molecule is O=C1c2cc(OCc3ccc4ccccc4n3)ccc2OCC1CCC1CCCC1. The molecule has 0 N–H and O–H groups in total. The molecule has 0 bridgehead atoms. The van der Waals surface area contributed by atoms with Gasteiger partial charge in [0.05, 0.1) is 29.3 Å². The summed E-state index contributed by atoms with van der Waals surface area (Å²) in [7, 11) is 0. The van der Waals surface area contributed by atoms with E-state index in [4.69, 9.17) is 9.47 Å². The zero-order valence-corrected chi connectivity index (χ0v) is 17.2. The lowest BCUT2D eigenvalue weighted by atomic mass is 9.88. The van der Waals surface area contributed by atoms with Crippen LogP contribution in [0.4, 0.5) is 0 Å². The van der Waals surface area contributed by atoms with Crippen molar-refractivity contribution in [3.63, 3.8) is 0 Å². The van der Waals surface area contributed by atoms with Crippen molar-refractivity contribution in [3.8, 4) is 11.5 Å². The molecule has 1 fully saturated rings. The summed E-state index contributed by atoms with van der Waals surface area (Å²) in [5.74, 6) is 2.31. The molecule has 3 aromatic rings. The van der Waals surface area contributed by atoms with E-state index in [0.717, 1.165) is 35.4 Å². The van der Waals surface area contributed by atoms with Crippen molar-refractivity contribution in [2.45, 2.75) is 45.1 Å². The fraction of sp³-hybridized carbons (Fsp3) is 0.385. The Morgan fingerprint density at radius 1 is 1.00 bits per heavy atom. The number of carbonyl (C=O) groups is 1. The van der Waals surface area contributed by atoms with Crippen LogP contribution in [0.25, 0.3) is 10.9 Å². The summed E-state index contributed by atoms with van der Waals surface area (Å²) in [6.07, 6.45) is 7.39. The average Bonchev–Trinajstić information content (AvgIpc) is 3.31. The number of carbonyl (C=O) groups excluding carboxylic acids is 1. The van der Waals surface area contributed by atoms with Gasteiger partial charge in [-0.2, -0.15) is 0 Å². The second kappa shape index (κ2) is 8.47. The number of nitrogens with zero attached hydrogens (tertiary/aromatic N) is 1. The van der Waals surface area contributed by atoms with Crippen LogP contribution in [-0.4, -0.2) is 17.4 Å². The third-order valence-electron chi connectivity index (χ3n) is 6.47. The minimum atomic E-state index is -0.0319. The molecule has 1 atom stereocenters. The number of fused-ring (bicyclic) bond motifs is 2. The van der Waals surface area contributed by atoms with E-state index in [2.05, 4.69) is 11.1 Å². The van der Waals surface area contributed by atoms with Gasteiger partial charge in [-0.1, -0.05) is 49.9 Å². The molecule has 2 aliphatic rings. The summed E-state index contributed by atoms with van der Waals surface area (Å²) in [5.41, 5.74) is 2.47. The van der Waals surface area contributed by atoms with Crippen molar-refractivity contribution in [1.82, 2.24) is 4.98 Å². The third kappa shape index (κ3) is 4.04. The molecule has 30 heavy (non-hydrogen) atoms. The van der Waals surface area contributed by atoms with Crippen molar-refractivity contribution < 1.29 is 14.3 Å². The van der Waals surface area contributed by atoms with E-state index in [1.165, 1.54) is 25.7 Å². The van der Waals surface area contributed by atoms with E-state index < -0.39 is 0 Å². The van der Waals surface area contributed by atoms with Crippen molar-refractivity contribution >= 4 is 16.7 Å². The summed E-state index contributed by atoms with van der Waals surface area (Å²) in [6, 6.07) is 17.6. The Morgan fingerprint density at radius 3 is 2.77 bits per heavy atom. The highest BCUT2D eigenvalue weighted by Crippen LogP contribution is 2.35. The molecule has 0 saturated heterocycles. The molecule has 1 aromatic heterocycles. The van der Waals surface area contributed by atoms with E-state index in [0.29, 0.717) is 30.3 Å². The van der Waals surface area contributed by atoms with Crippen LogP contribution in [0.15, 0.2) is 54.6 Å². The summed E-state index contributed by atoms with van der Waals surface area (Å²) < 4.78 is 11.9. The van der Waals surface area contributed by atoms with E-state index in [9.17, 15) is 4.79 Å². The Hall–Kier alpha value is -2.88. The van der Waals surface area contributed by atoms with Crippen molar-refractivity contribution in [2.75, 3.05) is 6.61 Å². The zero-order valence-electron chi connectivity index (χ0n) is 17.2. The molecular formula is C26H27NO3. The molecule has 1 unspecified atom stereocenters. The maximum absolute atomic E-state index is 13.0. The van der Waals surface area contributed by atoms with Crippen LogP contribution in [0.5, 0.6) is 11.5 Å². The van der Waals surface area contributed by atoms with Gasteiger partial charge in [0.15, 0.2) is 5.78 Å². The number of Topliss-reactive ketones (excluding diaryl/α,β-unsaturated/α-hetero) is 1. The van der Waals surface area contributed by atoms with Crippen molar-refractivity contribution in [1.29, 1.82) is 0 Å². The van der Waals surface area contributed by atoms with E-state index in [1.54, 1.807) is 0 Å². The Kier molecular flexibility index (Phi) is 5.39. The maximum Gasteiger partial charge on any atom is 0.173 e. The van der Waals surface area contributed by atoms with Crippen LogP contribution in [0, 0.1) is 11.8 Å². The van der Waals surface area contributed by atoms with Gasteiger partial charge in [0.1, 0.15) is 18.1 Å². The molecule has 5 rings (SSSR count). The van der Waals surface area contributed by atoms with Crippen LogP contribution in [0.3, 0.4) is 0 Å². The first kappa shape index (κ1) is 19.1. The number of ether oxygens (including phenoxy) is 2. The number of para-hydroxylation sites is 1. The second-order valence-electron chi connectivity index (χ2n) is 8.54. The van der Waals surface area contributed by atoms with Gasteiger partial charge in [0.2, 0.25) is 0 Å². The fourth-order valence-corrected chi connectivity index (χ4v) is 4.70. The predicted molar refractivity (Wildman–Crippen MR) is 117 cm³/mol. The minimum absolute atomic E-state index is 0.0319. The smallest absolute Gasteiger partial charge is 0.173 e. The number of ketones is 1. The molecule has 0 spiro atoms. The molecule has 0 radical (unpaired) electrons. The molecule has 1 aliphatic heterocycles. The number of hydrogen-bond acceptors (Lipinski definition) is 4. The summed E-state index contributed by atoms with van der Waals surface area (Å²) in [6.45, 7) is 0.865. The topological polar surface area (TPSA) is 48.4 Å². The fourth-order valence-electron chi connectivity index (χ4n) is 4.70. The minimum Gasteiger partial charge on any atom is -0.492 e. The van der Waals surface area contributed by atoms with Gasteiger partial charge in [-0.05, 0) is 49.1 Å². The Balaban J connectivity index is 1.25. The molecule has 0 amide bonds. The van der Waals surface area contributed by atoms with Crippen LogP contribution in [0.1, 0.15) is 54.6 Å². The van der Waals surface area contributed by atoms with Crippen LogP contribution >= 0.6 is 0 Å². The average molecular weight is 402 g/mol. The lowest BCUT2D eigenvalue weighted by Gasteiger charge is -2.25. The lowest BCUT2D eigenvalue weighted by Crippen LogP contribution is -2.28. The maximum atomic E-state index is 13.0. The molecule has 154 valence electrons. The van der Waals surface area contributed by atoms with Crippen LogP contribution < -0.4 is 9.47 Å². The van der Waals surface area contributed by atoms with Gasteiger partial charge >= 0.3 is 0 Å². The Morgan fingerprint density at radius 2 is 1.87 bits per heavy atom. The first-order valence-electron chi connectivity index (χ1n) is 11.0. The Bertz CT molecular complexity index is 1060. The largest absolute Gasteiger partial charge is 0.492 e. The monoisotopic (exact) mass is 401 g/mol. The van der Waals surface area contributed by atoms with E-state index >= 15 is 0 Å². The molecule has 2 aromatic carbocycles. The van der Waals surface area contributed by atoms with Gasteiger partial charge in [-0.3, -0.25) is 4.79 Å². The van der Waals surface area contributed by atoms with Gasteiger partial charge in [-0.15, -0.1) is 0 Å². The third-order valence-corrected chi connectivity index (χ3v) is 6.47. The van der Waals surface area contributed by atoms with Crippen molar-refractivity contribution in [2.24, 2.45) is 11.8 Å². The summed E-state index contributed by atoms with van der Waals surface area (Å²) >= 11 is 0. The number of benzene rings is 2. The van der Waals surface area contributed by atoms with Crippen LogP contribution in [-0.2, 0) is 6.61 Å². The van der Waals surface area contributed by atoms with Gasteiger partial charge in [0.25, 0.3) is 0 Å². The first-order chi connectivity index (χ1) is 14.8. The molecule has 1 aliphatic carbocycles. The first-order valence-corrected chi connectivity index (χ1v) is 11.0. The molecular weight excluding hydrogens is 374 g/mol. The quantitative estimate of drug-likeness (QED) is 0.510. The van der Waals surface area contributed by atoms with Gasteiger partial charge in [0, 0.05) is 5.39 Å². The van der Waals surface area contributed by atoms with Crippen molar-refractivity contribution in [3.05, 3.63) is 65.9 Å². The summed E-state index contributed by atoms with van der Waals surface area (Å²) in [4.78, 5) is 17.7. The molecule has 2 heterocycles. The lowest BCUT2D eigenvalue weighted by molar-refractivity contribution is 0.0812. The normalized spacial score (nSPS) is 18.9. The number of rotatable bonds is 6. The number of aromatic nitrogens is 1. The number of pyridine rings is 1. The highest BCUT2D eigenvalue weighted by atomic mass is 16.5. The van der Waals surface area contributed by atoms with Gasteiger partial charge in [-0.25, -0.2) is 4.98 Å². The second-order valence-corrected chi connectivity index (χ2v) is 8.54. The van der Waals surface area contributed by atoms with E-state index in [-0.39, 0.29) is 11.7 Å². The number of hydrogen-bond donors (Lipinski definition) is 0. The Labute approximate surface area is 177 Å². The predicted octanol–water partition coefficient (Wildman–Crippen LogP) is 5.98. The van der Waals surface area contributed by atoms with E-state index in [1.807, 2.05) is 48.5 Å².